The number of carbonyl (C=O) groups is 1. The van der Waals surface area contributed by atoms with Crippen LogP contribution < -0.4 is 5.73 Å². The van der Waals surface area contributed by atoms with E-state index in [2.05, 4.69) is 12.6 Å². The van der Waals surface area contributed by atoms with Gasteiger partial charge in [0.1, 0.15) is 12.2 Å². The van der Waals surface area contributed by atoms with Crippen LogP contribution in [0, 0.1) is 11.3 Å². The van der Waals surface area contributed by atoms with Gasteiger partial charge in [0.15, 0.2) is 0 Å². The van der Waals surface area contributed by atoms with Gasteiger partial charge in [-0.1, -0.05) is 0 Å². The maximum Gasteiger partial charge on any atom is 0.242 e. The van der Waals surface area contributed by atoms with Crippen LogP contribution in [0.5, 0.6) is 0 Å². The van der Waals surface area contributed by atoms with E-state index >= 15 is 0 Å². The molecule has 0 saturated carbocycles. The van der Waals surface area contributed by atoms with Gasteiger partial charge in [0.25, 0.3) is 0 Å². The van der Waals surface area contributed by atoms with Crippen molar-refractivity contribution in [1.29, 1.82) is 5.26 Å². The number of likely N-dealkylation sites (tertiary alicyclic amines) is 1. The van der Waals surface area contributed by atoms with Crippen molar-refractivity contribution >= 4 is 18.5 Å². The summed E-state index contributed by atoms with van der Waals surface area (Å²) in [6, 6.07) is 0.376. The average Bonchev–Trinajstić information content (AvgIpc) is 2.55. The molecular formula is C10H16FN3OS. The number of nitrogens with zero attached hydrogens (tertiary/aromatic N) is 2. The molecule has 6 heteroatoms. The lowest BCUT2D eigenvalue weighted by atomic mass is 10.0. The Bertz CT molecular complexity index is 323. The second-order valence-electron chi connectivity index (χ2n) is 4.60. The van der Waals surface area contributed by atoms with Gasteiger partial charge >= 0.3 is 0 Å². The first-order valence-corrected chi connectivity index (χ1v) is 5.54. The van der Waals surface area contributed by atoms with Crippen LogP contribution >= 0.6 is 12.6 Å². The first-order valence-electron chi connectivity index (χ1n) is 5.09. The largest absolute Gasteiger partial charge is 0.322 e. The summed E-state index contributed by atoms with van der Waals surface area (Å²) < 4.78 is 12.4. The van der Waals surface area contributed by atoms with Crippen LogP contribution in [0.25, 0.3) is 0 Å². The summed E-state index contributed by atoms with van der Waals surface area (Å²) in [5.41, 5.74) is 5.74. The highest BCUT2D eigenvalue weighted by Crippen LogP contribution is 2.24. The normalized spacial score (nSPS) is 27.6. The molecule has 0 bridgehead atoms. The van der Waals surface area contributed by atoms with E-state index in [1.807, 2.05) is 6.07 Å². The van der Waals surface area contributed by atoms with Crippen LogP contribution in [0.15, 0.2) is 0 Å². The Balaban J connectivity index is 2.79. The molecule has 16 heavy (non-hydrogen) atoms. The van der Waals surface area contributed by atoms with E-state index in [4.69, 9.17) is 11.0 Å². The Morgan fingerprint density at radius 3 is 2.75 bits per heavy atom. The van der Waals surface area contributed by atoms with E-state index in [-0.39, 0.29) is 13.0 Å². The monoisotopic (exact) mass is 245 g/mol. The van der Waals surface area contributed by atoms with Crippen LogP contribution in [0.1, 0.15) is 20.3 Å². The molecule has 1 aliphatic heterocycles. The summed E-state index contributed by atoms with van der Waals surface area (Å²) in [6.45, 7) is 3.38. The Hall–Kier alpha value is -0.800. The van der Waals surface area contributed by atoms with Crippen molar-refractivity contribution < 1.29 is 9.18 Å². The standard InChI is InChI=1S/C10H16FN3OS/c1-10(2,16)8(13)9(15)14-5-6(11)3-7(14)4-12/h6-8,16H,3,5,13H2,1-2H3/t6-,7-,8+/m0/s1. The van der Waals surface area contributed by atoms with Crippen molar-refractivity contribution in [1.82, 2.24) is 4.90 Å². The summed E-state index contributed by atoms with van der Waals surface area (Å²) >= 11 is 4.21. The van der Waals surface area contributed by atoms with Gasteiger partial charge in [0.2, 0.25) is 5.91 Å². The van der Waals surface area contributed by atoms with Gasteiger partial charge in [-0.3, -0.25) is 4.79 Å². The summed E-state index contributed by atoms with van der Waals surface area (Å²) in [4.78, 5) is 13.2. The number of alkyl halides is 1. The zero-order valence-corrected chi connectivity index (χ0v) is 10.2. The fourth-order valence-corrected chi connectivity index (χ4v) is 1.74. The Labute approximate surface area is 100.0 Å². The topological polar surface area (TPSA) is 70.1 Å². The zero-order chi connectivity index (χ0) is 12.5. The smallest absolute Gasteiger partial charge is 0.242 e. The molecule has 1 fully saturated rings. The van der Waals surface area contributed by atoms with E-state index in [1.54, 1.807) is 13.8 Å². The number of rotatable bonds is 2. The molecule has 0 aliphatic carbocycles. The third kappa shape index (κ3) is 2.66. The molecule has 0 radical (unpaired) electrons. The molecule has 0 aromatic rings. The molecular weight excluding hydrogens is 229 g/mol. The Kier molecular flexibility index (Phi) is 3.81. The first-order chi connectivity index (χ1) is 7.27. The Morgan fingerprint density at radius 1 is 1.75 bits per heavy atom. The molecule has 1 saturated heterocycles. The van der Waals surface area contributed by atoms with Crippen LogP contribution in [-0.4, -0.2) is 40.4 Å². The maximum atomic E-state index is 13.1. The number of hydrogen-bond acceptors (Lipinski definition) is 4. The third-order valence-electron chi connectivity index (χ3n) is 2.71. The van der Waals surface area contributed by atoms with Crippen molar-refractivity contribution in [3.8, 4) is 6.07 Å². The summed E-state index contributed by atoms with van der Waals surface area (Å²) in [7, 11) is 0. The van der Waals surface area contributed by atoms with Gasteiger partial charge < -0.3 is 10.6 Å². The van der Waals surface area contributed by atoms with Gasteiger partial charge in [0.05, 0.1) is 18.7 Å². The minimum atomic E-state index is -1.14. The first kappa shape index (κ1) is 13.3. The Morgan fingerprint density at radius 2 is 2.31 bits per heavy atom. The molecule has 1 rings (SSSR count). The lowest BCUT2D eigenvalue weighted by Crippen LogP contribution is -2.53. The quantitative estimate of drug-likeness (QED) is 0.695. The molecule has 90 valence electrons. The van der Waals surface area contributed by atoms with Crippen LogP contribution in [0.2, 0.25) is 0 Å². The second kappa shape index (κ2) is 4.60. The fraction of sp³-hybridized carbons (Fsp3) is 0.800. The predicted octanol–water partition coefficient (Wildman–Crippen LogP) is 0.485. The van der Waals surface area contributed by atoms with Crippen molar-refractivity contribution in [2.45, 2.75) is 43.3 Å². The minimum Gasteiger partial charge on any atom is -0.322 e. The van der Waals surface area contributed by atoms with Crippen LogP contribution in [-0.2, 0) is 4.79 Å². The molecule has 1 heterocycles. The van der Waals surface area contributed by atoms with E-state index in [0.29, 0.717) is 0 Å². The average molecular weight is 245 g/mol. The summed E-state index contributed by atoms with van der Waals surface area (Å²) in [6.07, 6.45) is -1.06. The van der Waals surface area contributed by atoms with Crippen molar-refractivity contribution in [2.75, 3.05) is 6.54 Å². The molecule has 2 N–H and O–H groups in total. The number of halogens is 1. The predicted molar refractivity (Wildman–Crippen MR) is 61.7 cm³/mol. The van der Waals surface area contributed by atoms with Crippen molar-refractivity contribution in [2.24, 2.45) is 5.73 Å². The summed E-state index contributed by atoms with van der Waals surface area (Å²) in [5, 5.41) is 8.82. The van der Waals surface area contributed by atoms with Gasteiger partial charge in [-0.05, 0) is 13.8 Å². The van der Waals surface area contributed by atoms with Gasteiger partial charge in [0, 0.05) is 11.2 Å². The number of nitriles is 1. The maximum absolute atomic E-state index is 13.1. The zero-order valence-electron chi connectivity index (χ0n) is 9.35. The number of amides is 1. The number of carbonyl (C=O) groups excluding carboxylic acids is 1. The molecule has 0 aromatic heterocycles. The van der Waals surface area contributed by atoms with E-state index in [0.717, 1.165) is 0 Å². The van der Waals surface area contributed by atoms with Gasteiger partial charge in [-0.25, -0.2) is 4.39 Å². The molecule has 1 amide bonds. The minimum absolute atomic E-state index is 0.0470. The highest BCUT2D eigenvalue weighted by atomic mass is 32.1. The molecule has 1 aliphatic rings. The third-order valence-corrected chi connectivity index (χ3v) is 2.99. The molecule has 0 spiro atoms. The van der Waals surface area contributed by atoms with E-state index in [1.165, 1.54) is 4.90 Å². The number of nitrogens with two attached hydrogens (primary N) is 1. The van der Waals surface area contributed by atoms with Crippen LogP contribution in [0.3, 0.4) is 0 Å². The summed E-state index contributed by atoms with van der Waals surface area (Å²) in [5.74, 6) is -0.410. The number of hydrogen-bond donors (Lipinski definition) is 2. The fourth-order valence-electron chi connectivity index (χ4n) is 1.63. The number of thiol groups is 1. The van der Waals surface area contributed by atoms with Crippen LogP contribution in [0.4, 0.5) is 4.39 Å². The molecule has 4 nitrogen and oxygen atoms in total. The SMILES string of the molecule is CC(C)(S)[C@H](N)C(=O)N1C[C@@H](F)C[C@H]1C#N. The molecule has 0 unspecified atom stereocenters. The highest BCUT2D eigenvalue weighted by Gasteiger charge is 2.40. The lowest BCUT2D eigenvalue weighted by molar-refractivity contribution is -0.133. The lowest BCUT2D eigenvalue weighted by Gasteiger charge is -2.30. The van der Waals surface area contributed by atoms with Crippen molar-refractivity contribution in [3.05, 3.63) is 0 Å². The van der Waals surface area contributed by atoms with E-state index < -0.39 is 28.9 Å². The molecule has 0 aromatic carbocycles. The second-order valence-corrected chi connectivity index (χ2v) is 5.75. The van der Waals surface area contributed by atoms with E-state index in [9.17, 15) is 9.18 Å². The molecule has 3 atom stereocenters. The van der Waals surface area contributed by atoms with Gasteiger partial charge in [-0.2, -0.15) is 17.9 Å². The van der Waals surface area contributed by atoms with Gasteiger partial charge in [-0.15, -0.1) is 0 Å². The highest BCUT2D eigenvalue weighted by molar-refractivity contribution is 7.81. The van der Waals surface area contributed by atoms with Crippen molar-refractivity contribution in [3.63, 3.8) is 0 Å².